The summed E-state index contributed by atoms with van der Waals surface area (Å²) in [7, 11) is 5.51. The number of rotatable bonds is 0. The predicted molar refractivity (Wildman–Crippen MR) is 36.8 cm³/mol. The predicted octanol–water partition coefficient (Wildman–Crippen LogP) is 1.78. The lowest BCUT2D eigenvalue weighted by molar-refractivity contribution is 0.947. The maximum atomic E-state index is 5.51. The highest BCUT2D eigenvalue weighted by atomic mass is 14.0. The first-order valence-corrected chi connectivity index (χ1v) is 2.91. The van der Waals surface area contributed by atoms with Crippen LogP contribution in [0.5, 0.6) is 0 Å². The molecular weight excluding hydrogens is 94.9 g/mol. The summed E-state index contributed by atoms with van der Waals surface area (Å²) in [5, 5.41) is 0. The van der Waals surface area contributed by atoms with Crippen LogP contribution < -0.4 is 0 Å². The minimum atomic E-state index is 1.01. The molecule has 1 aliphatic rings. The van der Waals surface area contributed by atoms with E-state index in [1.54, 1.807) is 0 Å². The zero-order chi connectivity index (χ0) is 5.98. The molecule has 0 heterocycles. The molecule has 0 spiro atoms. The van der Waals surface area contributed by atoms with Gasteiger partial charge in [0.2, 0.25) is 0 Å². The second kappa shape index (κ2) is 2.21. The van der Waals surface area contributed by atoms with Crippen LogP contribution in [0.1, 0.15) is 19.8 Å². The van der Waals surface area contributed by atoms with Gasteiger partial charge in [-0.1, -0.05) is 17.7 Å². The maximum absolute atomic E-state index is 5.51. The van der Waals surface area contributed by atoms with Gasteiger partial charge in [-0.05, 0) is 19.8 Å². The van der Waals surface area contributed by atoms with Crippen molar-refractivity contribution >= 4 is 7.85 Å². The topological polar surface area (TPSA) is 0 Å². The van der Waals surface area contributed by atoms with Crippen LogP contribution in [-0.4, -0.2) is 7.85 Å². The number of hydrogen-bond donors (Lipinski definition) is 0. The van der Waals surface area contributed by atoms with Crippen LogP contribution in [0, 0.1) is 0 Å². The van der Waals surface area contributed by atoms with Gasteiger partial charge in [0.15, 0.2) is 0 Å². The van der Waals surface area contributed by atoms with Gasteiger partial charge in [-0.25, -0.2) is 0 Å². The minimum Gasteiger partial charge on any atom is -0.117 e. The standard InChI is InChI=1S/C7H9B/c1-6-2-4-7(8)5-3-6/h2,4H,3,5H2,1H3. The van der Waals surface area contributed by atoms with E-state index in [1.807, 2.05) is 6.08 Å². The van der Waals surface area contributed by atoms with Crippen molar-refractivity contribution in [3.63, 3.8) is 0 Å². The molecule has 1 aliphatic carbocycles. The molecule has 0 atom stereocenters. The van der Waals surface area contributed by atoms with Crippen molar-refractivity contribution < 1.29 is 0 Å². The largest absolute Gasteiger partial charge is 0.117 e. The van der Waals surface area contributed by atoms with Crippen molar-refractivity contribution in [2.24, 2.45) is 0 Å². The Bertz CT molecular complexity index is 124. The smallest absolute Gasteiger partial charge is 0.107 e. The van der Waals surface area contributed by atoms with Crippen LogP contribution in [-0.2, 0) is 0 Å². The van der Waals surface area contributed by atoms with E-state index in [2.05, 4.69) is 13.0 Å². The van der Waals surface area contributed by atoms with E-state index in [4.69, 9.17) is 7.85 Å². The Morgan fingerprint density at radius 2 is 2.12 bits per heavy atom. The summed E-state index contributed by atoms with van der Waals surface area (Å²) < 4.78 is 0. The highest BCUT2D eigenvalue weighted by Gasteiger charge is 1.95. The van der Waals surface area contributed by atoms with Gasteiger partial charge in [0.1, 0.15) is 7.85 Å². The van der Waals surface area contributed by atoms with E-state index in [9.17, 15) is 0 Å². The quantitative estimate of drug-likeness (QED) is 0.411. The Balaban J connectivity index is 2.65. The fraction of sp³-hybridized carbons (Fsp3) is 0.429. The lowest BCUT2D eigenvalue weighted by atomic mass is 9.86. The van der Waals surface area contributed by atoms with E-state index >= 15 is 0 Å². The van der Waals surface area contributed by atoms with Gasteiger partial charge in [-0.15, -0.1) is 5.47 Å². The molecule has 40 valence electrons. The summed E-state index contributed by atoms with van der Waals surface area (Å²) in [4.78, 5) is 0. The Labute approximate surface area is 51.7 Å². The first kappa shape index (κ1) is 5.68. The van der Waals surface area contributed by atoms with Crippen LogP contribution in [0.2, 0.25) is 0 Å². The average Bonchev–Trinajstić information content (AvgIpc) is 1.77. The molecule has 0 aromatic carbocycles. The summed E-state index contributed by atoms with van der Waals surface area (Å²) in [5.41, 5.74) is 2.44. The molecule has 0 amide bonds. The molecule has 8 heavy (non-hydrogen) atoms. The average molecular weight is 104 g/mol. The zero-order valence-electron chi connectivity index (χ0n) is 5.15. The molecule has 2 radical (unpaired) electrons. The van der Waals surface area contributed by atoms with E-state index in [1.165, 1.54) is 5.57 Å². The van der Waals surface area contributed by atoms with Crippen LogP contribution in [0.3, 0.4) is 0 Å². The van der Waals surface area contributed by atoms with Crippen molar-refractivity contribution in [1.29, 1.82) is 0 Å². The molecular formula is C7H9B. The molecule has 1 rings (SSSR count). The van der Waals surface area contributed by atoms with Gasteiger partial charge in [-0.3, -0.25) is 0 Å². The van der Waals surface area contributed by atoms with Gasteiger partial charge in [-0.2, -0.15) is 0 Å². The first-order chi connectivity index (χ1) is 3.79. The minimum absolute atomic E-state index is 1.01. The summed E-state index contributed by atoms with van der Waals surface area (Å²) in [6.07, 6.45) is 6.25. The van der Waals surface area contributed by atoms with E-state index < -0.39 is 0 Å². The molecule has 0 saturated carbocycles. The molecule has 0 fully saturated rings. The molecule has 0 aromatic rings. The zero-order valence-corrected chi connectivity index (χ0v) is 5.15. The fourth-order valence-corrected chi connectivity index (χ4v) is 0.757. The van der Waals surface area contributed by atoms with Crippen LogP contribution in [0.25, 0.3) is 0 Å². The van der Waals surface area contributed by atoms with Crippen molar-refractivity contribution in [1.82, 2.24) is 0 Å². The molecule has 0 unspecified atom stereocenters. The SMILES string of the molecule is [B]C1=CC=C(C)CC1. The summed E-state index contributed by atoms with van der Waals surface area (Å²) in [6, 6.07) is 0. The van der Waals surface area contributed by atoms with Crippen molar-refractivity contribution in [3.8, 4) is 0 Å². The second-order valence-electron chi connectivity index (χ2n) is 2.25. The number of hydrogen-bond acceptors (Lipinski definition) is 0. The van der Waals surface area contributed by atoms with E-state index in [0.29, 0.717) is 0 Å². The molecule has 0 saturated heterocycles. The molecule has 0 aliphatic heterocycles. The fourth-order valence-electron chi connectivity index (χ4n) is 0.757. The van der Waals surface area contributed by atoms with Crippen molar-refractivity contribution in [2.45, 2.75) is 19.8 Å². The van der Waals surface area contributed by atoms with Gasteiger partial charge in [0.05, 0.1) is 0 Å². The summed E-state index contributed by atoms with van der Waals surface area (Å²) in [5.74, 6) is 0. The number of allylic oxidation sites excluding steroid dienone is 4. The maximum Gasteiger partial charge on any atom is 0.107 e. The third-order valence-corrected chi connectivity index (χ3v) is 1.39. The lowest BCUT2D eigenvalue weighted by Gasteiger charge is -2.06. The van der Waals surface area contributed by atoms with Gasteiger partial charge in [0, 0.05) is 0 Å². The van der Waals surface area contributed by atoms with Gasteiger partial charge < -0.3 is 0 Å². The Kier molecular flexibility index (Phi) is 1.57. The highest BCUT2D eigenvalue weighted by Crippen LogP contribution is 2.14. The van der Waals surface area contributed by atoms with Crippen molar-refractivity contribution in [2.75, 3.05) is 0 Å². The normalized spacial score (nSPS) is 19.6. The lowest BCUT2D eigenvalue weighted by Crippen LogP contribution is -1.88. The summed E-state index contributed by atoms with van der Waals surface area (Å²) >= 11 is 0. The van der Waals surface area contributed by atoms with Crippen LogP contribution in [0.15, 0.2) is 23.2 Å². The monoisotopic (exact) mass is 104 g/mol. The van der Waals surface area contributed by atoms with Crippen molar-refractivity contribution in [3.05, 3.63) is 23.2 Å². The highest BCUT2D eigenvalue weighted by molar-refractivity contribution is 6.21. The molecule has 0 aromatic heterocycles. The Hall–Kier alpha value is -0.455. The van der Waals surface area contributed by atoms with Crippen LogP contribution >= 0.6 is 0 Å². The van der Waals surface area contributed by atoms with Gasteiger partial charge in [0.25, 0.3) is 0 Å². The van der Waals surface area contributed by atoms with Gasteiger partial charge >= 0.3 is 0 Å². The Morgan fingerprint density at radius 3 is 2.50 bits per heavy atom. The molecule has 0 nitrogen and oxygen atoms in total. The third-order valence-electron chi connectivity index (χ3n) is 1.39. The summed E-state index contributed by atoms with van der Waals surface area (Å²) in [6.45, 7) is 2.13. The first-order valence-electron chi connectivity index (χ1n) is 2.91. The van der Waals surface area contributed by atoms with Crippen LogP contribution in [0.4, 0.5) is 0 Å². The Morgan fingerprint density at radius 1 is 1.38 bits per heavy atom. The molecule has 1 heteroatoms. The molecule has 0 bridgehead atoms. The van der Waals surface area contributed by atoms with E-state index in [-0.39, 0.29) is 0 Å². The third kappa shape index (κ3) is 1.26. The van der Waals surface area contributed by atoms with E-state index in [0.717, 1.165) is 18.3 Å². The molecule has 0 N–H and O–H groups in total. The second-order valence-corrected chi connectivity index (χ2v) is 2.25.